The quantitative estimate of drug-likeness (QED) is 0.850. The molecule has 0 aromatic carbocycles. The first-order valence-corrected chi connectivity index (χ1v) is 7.34. The van der Waals surface area contributed by atoms with Crippen molar-refractivity contribution in [1.29, 1.82) is 0 Å². The predicted octanol–water partition coefficient (Wildman–Crippen LogP) is 2.80. The van der Waals surface area contributed by atoms with Gasteiger partial charge in [0.25, 0.3) is 5.91 Å². The van der Waals surface area contributed by atoms with E-state index in [0.717, 1.165) is 26.1 Å². The highest BCUT2D eigenvalue weighted by atomic mass is 19.1. The van der Waals surface area contributed by atoms with E-state index in [2.05, 4.69) is 10.2 Å². The first-order chi connectivity index (χ1) is 9.27. The molecule has 4 heteroatoms. The summed E-state index contributed by atoms with van der Waals surface area (Å²) in [7, 11) is 0. The van der Waals surface area contributed by atoms with E-state index < -0.39 is 0 Å². The van der Waals surface area contributed by atoms with Crippen LogP contribution in [0.25, 0.3) is 0 Å². The van der Waals surface area contributed by atoms with Gasteiger partial charge in [-0.1, -0.05) is 19.9 Å². The molecular formula is C15H25FN2O. The van der Waals surface area contributed by atoms with E-state index in [-0.39, 0.29) is 17.3 Å². The van der Waals surface area contributed by atoms with Crippen LogP contribution in [0.3, 0.4) is 0 Å². The zero-order chi connectivity index (χ0) is 14.1. The average molecular weight is 268 g/mol. The second-order valence-corrected chi connectivity index (χ2v) is 4.55. The number of carbonyl (C=O) groups excluding carboxylic acids is 1. The number of hydrogen-bond donors (Lipinski definition) is 1. The smallest absolute Gasteiger partial charge is 0.253 e. The third kappa shape index (κ3) is 5.15. The molecule has 0 saturated carbocycles. The monoisotopic (exact) mass is 268 g/mol. The molecule has 0 unspecified atom stereocenters. The fourth-order valence-electron chi connectivity index (χ4n) is 2.28. The van der Waals surface area contributed by atoms with Crippen LogP contribution in [0.1, 0.15) is 39.5 Å². The molecule has 2 aliphatic rings. The molecule has 1 heterocycles. The van der Waals surface area contributed by atoms with Crippen LogP contribution in [0.15, 0.2) is 23.6 Å². The zero-order valence-corrected chi connectivity index (χ0v) is 12.0. The van der Waals surface area contributed by atoms with Gasteiger partial charge in [0.15, 0.2) is 0 Å². The normalized spacial score (nSPS) is 19.1. The molecule has 1 aliphatic heterocycles. The average Bonchev–Trinajstić information content (AvgIpc) is 2.94. The van der Waals surface area contributed by atoms with Gasteiger partial charge in [0, 0.05) is 13.1 Å². The molecule has 0 atom stereocenters. The number of carbonyl (C=O) groups is 1. The fourth-order valence-corrected chi connectivity index (χ4v) is 2.28. The van der Waals surface area contributed by atoms with Crippen molar-refractivity contribution in [2.24, 2.45) is 0 Å². The van der Waals surface area contributed by atoms with Gasteiger partial charge in [-0.25, -0.2) is 4.39 Å². The number of allylic oxidation sites excluding steroid dienone is 2. The Kier molecular flexibility index (Phi) is 7.41. The Morgan fingerprint density at radius 2 is 1.89 bits per heavy atom. The Morgan fingerprint density at radius 3 is 2.53 bits per heavy atom. The summed E-state index contributed by atoms with van der Waals surface area (Å²) < 4.78 is 13.3. The second-order valence-electron chi connectivity index (χ2n) is 4.55. The van der Waals surface area contributed by atoms with Gasteiger partial charge in [-0.05, 0) is 44.8 Å². The van der Waals surface area contributed by atoms with Crippen molar-refractivity contribution in [2.45, 2.75) is 39.5 Å². The van der Waals surface area contributed by atoms with E-state index in [1.807, 2.05) is 13.8 Å². The van der Waals surface area contributed by atoms with E-state index in [9.17, 15) is 9.18 Å². The van der Waals surface area contributed by atoms with Crippen molar-refractivity contribution < 1.29 is 9.18 Å². The lowest BCUT2D eigenvalue weighted by atomic mass is 10.1. The fraction of sp³-hybridized carbons (Fsp3) is 0.667. The maximum Gasteiger partial charge on any atom is 0.253 e. The van der Waals surface area contributed by atoms with Gasteiger partial charge in [-0.2, -0.15) is 0 Å². The van der Waals surface area contributed by atoms with Crippen molar-refractivity contribution in [3.8, 4) is 0 Å². The molecule has 1 saturated heterocycles. The SMILES string of the molecule is CC.O=C(NCCN1CCCC1)C1=CCCC=C1F. The molecule has 1 N–H and O–H groups in total. The molecule has 0 bridgehead atoms. The Bertz CT molecular complexity index is 344. The van der Waals surface area contributed by atoms with Gasteiger partial charge < -0.3 is 10.2 Å². The standard InChI is InChI=1S/C13H19FN2O.C2H6/c14-12-6-2-1-5-11(12)13(17)15-7-10-16-8-3-4-9-16;1-2/h5-6H,1-4,7-10H2,(H,15,17);1-2H3. The minimum absolute atomic E-state index is 0.206. The van der Waals surface area contributed by atoms with Crippen LogP contribution < -0.4 is 5.32 Å². The van der Waals surface area contributed by atoms with Crippen LogP contribution in [-0.2, 0) is 4.79 Å². The number of hydrogen-bond acceptors (Lipinski definition) is 2. The van der Waals surface area contributed by atoms with Crippen molar-refractivity contribution in [2.75, 3.05) is 26.2 Å². The molecule has 1 amide bonds. The molecule has 1 aliphatic carbocycles. The van der Waals surface area contributed by atoms with Crippen LogP contribution in [-0.4, -0.2) is 37.0 Å². The predicted molar refractivity (Wildman–Crippen MR) is 76.5 cm³/mol. The minimum Gasteiger partial charge on any atom is -0.351 e. The van der Waals surface area contributed by atoms with Crippen LogP contribution in [0, 0.1) is 0 Å². The number of nitrogens with one attached hydrogen (secondary N) is 1. The first-order valence-electron chi connectivity index (χ1n) is 7.34. The third-order valence-corrected chi connectivity index (χ3v) is 3.25. The lowest BCUT2D eigenvalue weighted by Gasteiger charge is -2.15. The summed E-state index contributed by atoms with van der Waals surface area (Å²) >= 11 is 0. The van der Waals surface area contributed by atoms with Crippen molar-refractivity contribution in [3.63, 3.8) is 0 Å². The summed E-state index contributed by atoms with van der Waals surface area (Å²) in [6, 6.07) is 0. The summed E-state index contributed by atoms with van der Waals surface area (Å²) in [6.45, 7) is 7.70. The van der Waals surface area contributed by atoms with Gasteiger partial charge >= 0.3 is 0 Å². The third-order valence-electron chi connectivity index (χ3n) is 3.25. The van der Waals surface area contributed by atoms with Crippen molar-refractivity contribution in [1.82, 2.24) is 10.2 Å². The highest BCUT2D eigenvalue weighted by Gasteiger charge is 2.17. The maximum atomic E-state index is 13.3. The molecule has 108 valence electrons. The number of rotatable bonds is 4. The van der Waals surface area contributed by atoms with E-state index >= 15 is 0 Å². The molecule has 2 rings (SSSR count). The molecule has 3 nitrogen and oxygen atoms in total. The van der Waals surface area contributed by atoms with Gasteiger partial charge in [0.05, 0.1) is 5.57 Å². The van der Waals surface area contributed by atoms with Crippen molar-refractivity contribution >= 4 is 5.91 Å². The summed E-state index contributed by atoms with van der Waals surface area (Å²) in [5.41, 5.74) is 0.206. The highest BCUT2D eigenvalue weighted by molar-refractivity contribution is 5.97. The van der Waals surface area contributed by atoms with E-state index in [1.165, 1.54) is 18.9 Å². The molecule has 0 aromatic heterocycles. The van der Waals surface area contributed by atoms with Crippen LogP contribution in [0.2, 0.25) is 0 Å². The molecule has 19 heavy (non-hydrogen) atoms. The van der Waals surface area contributed by atoms with E-state index in [4.69, 9.17) is 0 Å². The molecule has 0 spiro atoms. The minimum atomic E-state index is -0.380. The molecule has 0 aromatic rings. The zero-order valence-electron chi connectivity index (χ0n) is 12.0. The van der Waals surface area contributed by atoms with Crippen molar-refractivity contribution in [3.05, 3.63) is 23.6 Å². The first kappa shape index (κ1) is 15.9. The van der Waals surface area contributed by atoms with Gasteiger partial charge in [-0.15, -0.1) is 0 Å². The Morgan fingerprint density at radius 1 is 1.26 bits per heavy atom. The van der Waals surface area contributed by atoms with Crippen LogP contribution >= 0.6 is 0 Å². The summed E-state index contributed by atoms with van der Waals surface area (Å²) in [4.78, 5) is 14.0. The Balaban J connectivity index is 0.000000861. The number of halogens is 1. The van der Waals surface area contributed by atoms with Gasteiger partial charge in [0.2, 0.25) is 0 Å². The van der Waals surface area contributed by atoms with Crippen LogP contribution in [0.5, 0.6) is 0 Å². The number of nitrogens with zero attached hydrogens (tertiary/aromatic N) is 1. The Hall–Kier alpha value is -1.16. The lowest BCUT2D eigenvalue weighted by molar-refractivity contribution is -0.117. The lowest BCUT2D eigenvalue weighted by Crippen LogP contribution is -2.34. The number of amides is 1. The van der Waals surface area contributed by atoms with Crippen LogP contribution in [0.4, 0.5) is 4.39 Å². The van der Waals surface area contributed by atoms with Gasteiger partial charge in [0.1, 0.15) is 5.83 Å². The largest absolute Gasteiger partial charge is 0.351 e. The maximum absolute atomic E-state index is 13.3. The molecular weight excluding hydrogens is 243 g/mol. The summed E-state index contributed by atoms with van der Waals surface area (Å²) in [5, 5.41) is 2.78. The topological polar surface area (TPSA) is 32.3 Å². The molecule has 0 radical (unpaired) electrons. The summed E-state index contributed by atoms with van der Waals surface area (Å²) in [6.07, 6.45) is 7.10. The Labute approximate surface area is 115 Å². The summed E-state index contributed by atoms with van der Waals surface area (Å²) in [5.74, 6) is -0.660. The van der Waals surface area contributed by atoms with E-state index in [0.29, 0.717) is 13.0 Å². The second kappa shape index (κ2) is 8.86. The van der Waals surface area contributed by atoms with E-state index in [1.54, 1.807) is 6.08 Å². The molecule has 1 fully saturated rings. The number of likely N-dealkylation sites (tertiary alicyclic amines) is 1. The van der Waals surface area contributed by atoms with Gasteiger partial charge in [-0.3, -0.25) is 4.79 Å². The highest BCUT2D eigenvalue weighted by Crippen LogP contribution is 2.19.